The van der Waals surface area contributed by atoms with Crippen LogP contribution in [0.5, 0.6) is 0 Å². The zero-order chi connectivity index (χ0) is 14.3. The monoisotopic (exact) mass is 270 g/mol. The van der Waals surface area contributed by atoms with Gasteiger partial charge in [0.25, 0.3) is 0 Å². The largest absolute Gasteiger partial charge is 0.377 e. The maximum absolute atomic E-state index is 12.5. The van der Waals surface area contributed by atoms with E-state index >= 15 is 0 Å². The molecular formula is C14H26N2O3. The quantitative estimate of drug-likeness (QED) is 0.770. The maximum Gasteiger partial charge on any atom is 0.241 e. The summed E-state index contributed by atoms with van der Waals surface area (Å²) in [6.45, 7) is 9.78. The van der Waals surface area contributed by atoms with Gasteiger partial charge in [-0.05, 0) is 20.3 Å². The van der Waals surface area contributed by atoms with Gasteiger partial charge in [-0.25, -0.2) is 0 Å². The number of hydrogen-bond acceptors (Lipinski definition) is 4. The van der Waals surface area contributed by atoms with Gasteiger partial charge in [0.15, 0.2) is 0 Å². The Bertz CT molecular complexity index is 359. The van der Waals surface area contributed by atoms with Crippen molar-refractivity contribution in [3.8, 4) is 0 Å². The summed E-state index contributed by atoms with van der Waals surface area (Å²) in [5.41, 5.74) is 5.30. The summed E-state index contributed by atoms with van der Waals surface area (Å²) in [6, 6.07) is 0. The molecule has 0 radical (unpaired) electrons. The molecule has 4 unspecified atom stereocenters. The van der Waals surface area contributed by atoms with Gasteiger partial charge in [0, 0.05) is 31.1 Å². The highest BCUT2D eigenvalue weighted by molar-refractivity contribution is 5.89. The first-order valence-corrected chi connectivity index (χ1v) is 7.16. The molecule has 5 nitrogen and oxygen atoms in total. The molecular weight excluding hydrogens is 244 g/mol. The lowest BCUT2D eigenvalue weighted by molar-refractivity contribution is -0.175. The van der Waals surface area contributed by atoms with E-state index in [1.54, 1.807) is 0 Å². The smallest absolute Gasteiger partial charge is 0.241 e. The van der Waals surface area contributed by atoms with Gasteiger partial charge < -0.3 is 20.5 Å². The summed E-state index contributed by atoms with van der Waals surface area (Å²) in [5, 5.41) is 2.93. The molecule has 2 fully saturated rings. The van der Waals surface area contributed by atoms with Crippen LogP contribution in [0.25, 0.3) is 0 Å². The lowest BCUT2D eigenvalue weighted by atomic mass is 9.48. The second kappa shape index (κ2) is 5.04. The second-order valence-electron chi connectivity index (χ2n) is 6.25. The van der Waals surface area contributed by atoms with E-state index in [-0.39, 0.29) is 29.4 Å². The molecule has 0 bridgehead atoms. The summed E-state index contributed by atoms with van der Waals surface area (Å²) >= 11 is 0. The first-order valence-electron chi connectivity index (χ1n) is 7.16. The molecule has 3 N–H and O–H groups in total. The predicted molar refractivity (Wildman–Crippen MR) is 72.6 cm³/mol. The van der Waals surface area contributed by atoms with Crippen LogP contribution in [0.2, 0.25) is 0 Å². The molecule has 2 aliphatic rings. The van der Waals surface area contributed by atoms with Crippen LogP contribution in [0, 0.1) is 11.3 Å². The Morgan fingerprint density at radius 3 is 2.89 bits per heavy atom. The number of nitrogens with two attached hydrogens (primary N) is 1. The Morgan fingerprint density at radius 1 is 1.58 bits per heavy atom. The molecule has 1 saturated carbocycles. The Balaban J connectivity index is 1.98. The van der Waals surface area contributed by atoms with Gasteiger partial charge in [0.1, 0.15) is 5.54 Å². The molecule has 1 aliphatic heterocycles. The topological polar surface area (TPSA) is 73.6 Å². The molecule has 0 aromatic carbocycles. The van der Waals surface area contributed by atoms with Crippen molar-refractivity contribution in [3.05, 3.63) is 0 Å². The highest BCUT2D eigenvalue weighted by atomic mass is 16.5. The van der Waals surface area contributed by atoms with Crippen molar-refractivity contribution in [2.45, 2.75) is 51.9 Å². The Morgan fingerprint density at radius 2 is 2.26 bits per heavy atom. The van der Waals surface area contributed by atoms with Gasteiger partial charge in [-0.2, -0.15) is 0 Å². The van der Waals surface area contributed by atoms with Crippen molar-refractivity contribution in [3.63, 3.8) is 0 Å². The fourth-order valence-corrected chi connectivity index (χ4v) is 3.57. The number of hydrogen-bond donors (Lipinski definition) is 2. The Kier molecular flexibility index (Phi) is 3.91. The summed E-state index contributed by atoms with van der Waals surface area (Å²) in [6.07, 6.45) is 1.00. The molecule has 5 heteroatoms. The highest BCUT2D eigenvalue weighted by Gasteiger charge is 2.71. The molecule has 0 aromatic heterocycles. The lowest BCUT2D eigenvalue weighted by Gasteiger charge is -2.60. The third-order valence-corrected chi connectivity index (χ3v) is 4.83. The van der Waals surface area contributed by atoms with Crippen molar-refractivity contribution in [1.82, 2.24) is 5.32 Å². The van der Waals surface area contributed by atoms with Crippen molar-refractivity contribution in [1.29, 1.82) is 0 Å². The van der Waals surface area contributed by atoms with Gasteiger partial charge in [-0.1, -0.05) is 13.8 Å². The fourth-order valence-electron chi connectivity index (χ4n) is 3.57. The fraction of sp³-hybridized carbons (Fsp3) is 0.929. The third-order valence-electron chi connectivity index (χ3n) is 4.83. The molecule has 2 rings (SSSR count). The molecule has 1 aliphatic carbocycles. The molecule has 0 spiro atoms. The van der Waals surface area contributed by atoms with E-state index in [1.807, 2.05) is 27.7 Å². The van der Waals surface area contributed by atoms with Crippen LogP contribution >= 0.6 is 0 Å². The average Bonchev–Trinajstić information content (AvgIpc) is 2.83. The van der Waals surface area contributed by atoms with E-state index in [9.17, 15) is 4.79 Å². The average molecular weight is 270 g/mol. The first-order chi connectivity index (χ1) is 8.85. The molecule has 1 amide bonds. The molecule has 0 aromatic rings. The van der Waals surface area contributed by atoms with Gasteiger partial charge in [0.05, 0.1) is 12.2 Å². The summed E-state index contributed by atoms with van der Waals surface area (Å²) < 4.78 is 11.1. The van der Waals surface area contributed by atoms with Crippen LogP contribution in [-0.2, 0) is 14.3 Å². The number of nitrogens with one attached hydrogen (secondary N) is 1. The zero-order valence-electron chi connectivity index (χ0n) is 12.4. The van der Waals surface area contributed by atoms with E-state index in [1.165, 1.54) is 0 Å². The van der Waals surface area contributed by atoms with Gasteiger partial charge >= 0.3 is 0 Å². The van der Waals surface area contributed by atoms with Crippen molar-refractivity contribution >= 4 is 5.91 Å². The second-order valence-corrected chi connectivity index (χ2v) is 6.25. The summed E-state index contributed by atoms with van der Waals surface area (Å²) in [4.78, 5) is 12.5. The summed E-state index contributed by atoms with van der Waals surface area (Å²) in [7, 11) is 0. The first kappa shape index (κ1) is 14.8. The third kappa shape index (κ3) is 2.08. The van der Waals surface area contributed by atoms with Gasteiger partial charge in [0.2, 0.25) is 5.91 Å². The maximum atomic E-state index is 12.5. The minimum atomic E-state index is -0.819. The van der Waals surface area contributed by atoms with Crippen molar-refractivity contribution < 1.29 is 14.3 Å². The normalized spacial score (nSPS) is 37.3. The van der Waals surface area contributed by atoms with Crippen molar-refractivity contribution in [2.24, 2.45) is 17.1 Å². The van der Waals surface area contributed by atoms with Crippen LogP contribution < -0.4 is 11.1 Å². The molecule has 4 atom stereocenters. The Hall–Kier alpha value is -0.650. The molecule has 110 valence electrons. The van der Waals surface area contributed by atoms with Crippen LogP contribution in [0.15, 0.2) is 0 Å². The minimum Gasteiger partial charge on any atom is -0.377 e. The van der Waals surface area contributed by atoms with E-state index in [4.69, 9.17) is 15.2 Å². The number of ether oxygens (including phenoxy) is 2. The van der Waals surface area contributed by atoms with Gasteiger partial charge in [-0.3, -0.25) is 4.79 Å². The van der Waals surface area contributed by atoms with Crippen LogP contribution in [0.4, 0.5) is 0 Å². The number of rotatable bonds is 5. The minimum absolute atomic E-state index is 0.0105. The summed E-state index contributed by atoms with van der Waals surface area (Å²) in [5.74, 6) is 0.0701. The van der Waals surface area contributed by atoms with Crippen molar-refractivity contribution in [2.75, 3.05) is 19.8 Å². The van der Waals surface area contributed by atoms with E-state index in [2.05, 4.69) is 5.32 Å². The van der Waals surface area contributed by atoms with E-state index < -0.39 is 5.54 Å². The number of carbonyl (C=O) groups is 1. The standard InChI is InChI=1S/C14H26N2O3/c1-5-18-9(2)8-16-12(17)14(15)10-6-7-19-11(10)13(14,3)4/h9-11H,5-8,15H2,1-4H3,(H,16,17). The number of amides is 1. The van der Waals surface area contributed by atoms with E-state index in [0.717, 1.165) is 6.42 Å². The number of carbonyl (C=O) groups excluding carboxylic acids is 1. The molecule has 1 heterocycles. The predicted octanol–water partition coefficient (Wildman–Crippen LogP) is 0.670. The lowest BCUT2D eigenvalue weighted by Crippen LogP contribution is -2.80. The van der Waals surface area contributed by atoms with Crippen LogP contribution in [0.3, 0.4) is 0 Å². The Labute approximate surface area is 115 Å². The zero-order valence-corrected chi connectivity index (χ0v) is 12.4. The van der Waals surface area contributed by atoms with Crippen LogP contribution in [-0.4, -0.2) is 43.4 Å². The van der Waals surface area contributed by atoms with Gasteiger partial charge in [-0.15, -0.1) is 0 Å². The SMILES string of the molecule is CCOC(C)CNC(=O)C1(N)C2CCOC2C1(C)C. The molecule has 1 saturated heterocycles. The molecule has 19 heavy (non-hydrogen) atoms. The number of fused-ring (bicyclic) bond motifs is 1. The highest BCUT2D eigenvalue weighted by Crippen LogP contribution is 2.58. The van der Waals surface area contributed by atoms with Crippen LogP contribution in [0.1, 0.15) is 34.1 Å². The van der Waals surface area contributed by atoms with E-state index in [0.29, 0.717) is 19.8 Å².